The molecular formula is C17H19N3O3S. The normalized spacial score (nSPS) is 11.8. The van der Waals surface area contributed by atoms with Crippen molar-refractivity contribution in [2.45, 2.75) is 18.4 Å². The molecule has 0 saturated heterocycles. The van der Waals surface area contributed by atoms with Gasteiger partial charge in [-0.25, -0.2) is 18.1 Å². The predicted octanol–water partition coefficient (Wildman–Crippen LogP) is 2.37. The average Bonchev–Trinajstić information content (AvgIpc) is 2.89. The van der Waals surface area contributed by atoms with Gasteiger partial charge in [0, 0.05) is 7.05 Å². The minimum absolute atomic E-state index is 0.124. The first-order chi connectivity index (χ1) is 11.4. The monoisotopic (exact) mass is 345 g/mol. The molecule has 3 aromatic rings. The quantitative estimate of drug-likeness (QED) is 0.770. The van der Waals surface area contributed by atoms with E-state index < -0.39 is 10.0 Å². The molecule has 0 unspecified atom stereocenters. The number of hydrogen-bond donors (Lipinski definition) is 1. The van der Waals surface area contributed by atoms with Crippen molar-refractivity contribution in [2.24, 2.45) is 7.05 Å². The van der Waals surface area contributed by atoms with Crippen LogP contribution in [0.4, 0.5) is 0 Å². The average molecular weight is 345 g/mol. The molecule has 6 nitrogen and oxygen atoms in total. The van der Waals surface area contributed by atoms with E-state index >= 15 is 0 Å². The predicted molar refractivity (Wildman–Crippen MR) is 92.5 cm³/mol. The number of aryl methyl sites for hydroxylation is 2. The van der Waals surface area contributed by atoms with E-state index in [0.29, 0.717) is 11.6 Å². The molecule has 1 N–H and O–H groups in total. The highest BCUT2D eigenvalue weighted by molar-refractivity contribution is 7.89. The van der Waals surface area contributed by atoms with Crippen molar-refractivity contribution in [3.8, 4) is 5.75 Å². The highest BCUT2D eigenvalue weighted by Crippen LogP contribution is 2.21. The van der Waals surface area contributed by atoms with Crippen molar-refractivity contribution < 1.29 is 13.2 Å². The van der Waals surface area contributed by atoms with Crippen molar-refractivity contribution in [2.75, 3.05) is 7.11 Å². The van der Waals surface area contributed by atoms with Crippen LogP contribution >= 0.6 is 0 Å². The minimum atomic E-state index is -3.62. The lowest BCUT2D eigenvalue weighted by atomic mass is 10.2. The molecular weight excluding hydrogens is 326 g/mol. The van der Waals surface area contributed by atoms with Crippen LogP contribution in [0.25, 0.3) is 11.0 Å². The number of benzene rings is 2. The highest BCUT2D eigenvalue weighted by atomic mass is 32.2. The van der Waals surface area contributed by atoms with Gasteiger partial charge in [0.25, 0.3) is 0 Å². The molecule has 0 fully saturated rings. The molecule has 0 aliphatic carbocycles. The molecule has 0 bridgehead atoms. The fraction of sp³-hybridized carbons (Fsp3) is 0.235. The van der Waals surface area contributed by atoms with Crippen LogP contribution in [-0.2, 0) is 23.6 Å². The zero-order chi connectivity index (χ0) is 17.3. The van der Waals surface area contributed by atoms with Crippen molar-refractivity contribution in [1.82, 2.24) is 14.3 Å². The second kappa shape index (κ2) is 6.26. The van der Waals surface area contributed by atoms with E-state index in [9.17, 15) is 8.42 Å². The molecule has 0 saturated carbocycles. The van der Waals surface area contributed by atoms with Gasteiger partial charge in [0.15, 0.2) is 0 Å². The number of imidazole rings is 1. The maximum Gasteiger partial charge on any atom is 0.240 e. The zero-order valence-corrected chi connectivity index (χ0v) is 14.6. The number of ether oxygens (including phenoxy) is 1. The van der Waals surface area contributed by atoms with E-state index in [1.54, 1.807) is 19.2 Å². The number of methoxy groups -OCH3 is 1. The number of nitrogens with zero attached hydrogens (tertiary/aromatic N) is 2. The Morgan fingerprint density at radius 1 is 1.21 bits per heavy atom. The Bertz CT molecular complexity index is 993. The summed E-state index contributed by atoms with van der Waals surface area (Å²) < 4.78 is 34.6. The van der Waals surface area contributed by atoms with Gasteiger partial charge < -0.3 is 9.30 Å². The Morgan fingerprint density at radius 3 is 2.62 bits per heavy atom. The van der Waals surface area contributed by atoms with Gasteiger partial charge in [-0.2, -0.15) is 0 Å². The fourth-order valence-corrected chi connectivity index (χ4v) is 3.68. The van der Waals surface area contributed by atoms with Crippen LogP contribution in [0.15, 0.2) is 47.4 Å². The number of sulfonamides is 1. The number of para-hydroxylation sites is 2. The third-order valence-corrected chi connectivity index (χ3v) is 5.38. The Morgan fingerprint density at radius 2 is 1.96 bits per heavy atom. The number of hydrogen-bond acceptors (Lipinski definition) is 4. The Kier molecular flexibility index (Phi) is 4.29. The summed E-state index contributed by atoms with van der Waals surface area (Å²) in [6.45, 7) is 1.93. The zero-order valence-electron chi connectivity index (χ0n) is 13.8. The SMILES string of the molecule is COc1ccc(S(=O)(=O)NCc2nc3ccccc3n2C)cc1C. The summed E-state index contributed by atoms with van der Waals surface area (Å²) in [7, 11) is -0.191. The Labute approximate surface area is 141 Å². The van der Waals surface area contributed by atoms with Crippen LogP contribution in [0.5, 0.6) is 5.75 Å². The van der Waals surface area contributed by atoms with Gasteiger partial charge in [-0.3, -0.25) is 0 Å². The maximum atomic E-state index is 12.5. The van der Waals surface area contributed by atoms with E-state index in [1.165, 1.54) is 6.07 Å². The van der Waals surface area contributed by atoms with Crippen LogP contribution in [0, 0.1) is 6.92 Å². The summed E-state index contributed by atoms with van der Waals surface area (Å²) in [6, 6.07) is 12.5. The number of nitrogens with one attached hydrogen (secondary N) is 1. The highest BCUT2D eigenvalue weighted by Gasteiger charge is 2.17. The molecule has 3 rings (SSSR count). The van der Waals surface area contributed by atoms with E-state index in [2.05, 4.69) is 9.71 Å². The summed E-state index contributed by atoms with van der Waals surface area (Å²) in [5, 5.41) is 0. The summed E-state index contributed by atoms with van der Waals surface area (Å²) in [5.74, 6) is 1.31. The lowest BCUT2D eigenvalue weighted by Gasteiger charge is -2.10. The second-order valence-corrected chi connectivity index (χ2v) is 7.30. The van der Waals surface area contributed by atoms with Gasteiger partial charge in [0.05, 0.1) is 29.6 Å². The van der Waals surface area contributed by atoms with Crippen LogP contribution in [0.1, 0.15) is 11.4 Å². The first kappa shape index (κ1) is 16.5. The molecule has 2 aromatic carbocycles. The van der Waals surface area contributed by atoms with Gasteiger partial charge in [-0.1, -0.05) is 12.1 Å². The van der Waals surface area contributed by atoms with Crippen molar-refractivity contribution in [3.63, 3.8) is 0 Å². The summed E-state index contributed by atoms with van der Waals surface area (Å²) in [6.07, 6.45) is 0. The van der Waals surface area contributed by atoms with Crippen LogP contribution in [0.2, 0.25) is 0 Å². The topological polar surface area (TPSA) is 73.2 Å². The molecule has 0 aliphatic heterocycles. The lowest BCUT2D eigenvalue weighted by Crippen LogP contribution is -2.24. The number of fused-ring (bicyclic) bond motifs is 1. The van der Waals surface area contributed by atoms with Crippen molar-refractivity contribution in [3.05, 3.63) is 53.9 Å². The molecule has 1 aromatic heterocycles. The molecule has 1 heterocycles. The molecule has 0 amide bonds. The van der Waals surface area contributed by atoms with Crippen molar-refractivity contribution >= 4 is 21.1 Å². The fourth-order valence-electron chi connectivity index (χ4n) is 2.61. The summed E-state index contributed by atoms with van der Waals surface area (Å²) in [4.78, 5) is 4.68. The first-order valence-corrected chi connectivity index (χ1v) is 8.95. The van der Waals surface area contributed by atoms with Gasteiger partial charge in [-0.15, -0.1) is 0 Å². The van der Waals surface area contributed by atoms with Gasteiger partial charge in [-0.05, 0) is 42.8 Å². The van der Waals surface area contributed by atoms with Gasteiger partial charge in [0.1, 0.15) is 11.6 Å². The molecule has 126 valence electrons. The van der Waals surface area contributed by atoms with Gasteiger partial charge >= 0.3 is 0 Å². The molecule has 0 spiro atoms. The molecule has 24 heavy (non-hydrogen) atoms. The number of aromatic nitrogens is 2. The largest absolute Gasteiger partial charge is 0.496 e. The first-order valence-electron chi connectivity index (χ1n) is 7.47. The number of rotatable bonds is 5. The smallest absolute Gasteiger partial charge is 0.240 e. The van der Waals surface area contributed by atoms with Gasteiger partial charge in [0.2, 0.25) is 10.0 Å². The molecule has 0 atom stereocenters. The lowest BCUT2D eigenvalue weighted by molar-refractivity contribution is 0.411. The molecule has 7 heteroatoms. The van der Waals surface area contributed by atoms with Crippen LogP contribution < -0.4 is 9.46 Å². The van der Waals surface area contributed by atoms with Crippen LogP contribution in [0.3, 0.4) is 0 Å². The maximum absolute atomic E-state index is 12.5. The van der Waals surface area contributed by atoms with Crippen molar-refractivity contribution in [1.29, 1.82) is 0 Å². The van der Waals surface area contributed by atoms with E-state index in [0.717, 1.165) is 16.6 Å². The standard InChI is InChI=1S/C17H19N3O3S/c1-12-10-13(8-9-16(12)23-3)24(21,22)18-11-17-19-14-6-4-5-7-15(14)20(17)2/h4-10,18H,11H2,1-3H3. The third-order valence-electron chi connectivity index (χ3n) is 3.98. The van der Waals surface area contributed by atoms with E-state index in [-0.39, 0.29) is 11.4 Å². The third kappa shape index (κ3) is 3.00. The van der Waals surface area contributed by atoms with E-state index in [4.69, 9.17) is 4.74 Å². The second-order valence-electron chi connectivity index (χ2n) is 5.53. The van der Waals surface area contributed by atoms with Crippen LogP contribution in [-0.4, -0.2) is 25.1 Å². The Hall–Kier alpha value is -2.38. The van der Waals surface area contributed by atoms with E-state index in [1.807, 2.05) is 42.8 Å². The molecule has 0 aliphatic rings. The minimum Gasteiger partial charge on any atom is -0.496 e. The molecule has 0 radical (unpaired) electrons. The summed E-state index contributed by atoms with van der Waals surface area (Å²) >= 11 is 0. The summed E-state index contributed by atoms with van der Waals surface area (Å²) in [5.41, 5.74) is 2.57. The Balaban J connectivity index is 1.84.